The van der Waals surface area contributed by atoms with E-state index in [-0.39, 0.29) is 43.0 Å². The molecule has 0 radical (unpaired) electrons. The minimum Gasteiger partial charge on any atom is -0.449 e. The molecule has 3 aromatic carbocycles. The van der Waals surface area contributed by atoms with Gasteiger partial charge < -0.3 is 50.8 Å². The number of likely N-dealkylation sites (tertiary alicyclic amines) is 2. The lowest BCUT2D eigenvalue weighted by atomic mass is 9.96. The van der Waals surface area contributed by atoms with E-state index in [1.807, 2.05) is 54.6 Å². The van der Waals surface area contributed by atoms with Crippen molar-refractivity contribution in [3.05, 3.63) is 107 Å². The van der Waals surface area contributed by atoms with Crippen molar-refractivity contribution in [1.82, 2.24) is 20.4 Å². The summed E-state index contributed by atoms with van der Waals surface area (Å²) in [5, 5.41) is 6.14. The van der Waals surface area contributed by atoms with Gasteiger partial charge >= 0.3 is 12.2 Å². The Hall–Kier alpha value is -5.02. The number of carbonyl (C=O) groups excluding carboxylic acids is 4. The molecule has 3 heterocycles. The van der Waals surface area contributed by atoms with Gasteiger partial charge in [0, 0.05) is 68.4 Å². The third-order valence-electron chi connectivity index (χ3n) is 10.5. The van der Waals surface area contributed by atoms with Crippen molar-refractivity contribution in [2.45, 2.75) is 76.3 Å². The lowest BCUT2D eigenvalue weighted by Gasteiger charge is -2.39. The zero-order valence-electron chi connectivity index (χ0n) is 31.1. The molecule has 14 heteroatoms. The van der Waals surface area contributed by atoms with Gasteiger partial charge in [-0.2, -0.15) is 0 Å². The Morgan fingerprint density at radius 2 is 1.20 bits per heavy atom. The molecule has 0 aliphatic carbocycles. The Balaban J connectivity index is 0.992. The van der Waals surface area contributed by atoms with Gasteiger partial charge in [-0.25, -0.2) is 9.59 Å². The fourth-order valence-electron chi connectivity index (χ4n) is 7.15. The molecule has 3 aliphatic heterocycles. The molecule has 0 aromatic heterocycles. The minimum atomic E-state index is -1.01. The third kappa shape index (κ3) is 11.0. The van der Waals surface area contributed by atoms with Crippen LogP contribution < -0.4 is 22.1 Å². The Bertz CT molecular complexity index is 1750. The Morgan fingerprint density at radius 1 is 0.673 bits per heavy atom. The van der Waals surface area contributed by atoms with Crippen LogP contribution in [-0.2, 0) is 38.6 Å². The summed E-state index contributed by atoms with van der Waals surface area (Å²) in [7, 11) is 0. The molecule has 0 spiro atoms. The number of hydrogen-bond donors (Lipinski definition) is 4. The van der Waals surface area contributed by atoms with Crippen LogP contribution in [0, 0.1) is 5.92 Å². The monoisotopic (exact) mass is 756 g/mol. The topological polar surface area (TPSA) is 188 Å². The molecule has 1 unspecified atom stereocenters. The SMILES string of the molecule is NCc1cccc(C(=O)NC2CCN(C(=O)OC[C@H]3CCO[C@@H](OC(=O)N4CCC(NC(=O)c5cccc(CN)c5)CC4)C3OCc3ccccc3)CC2)c1. The third-order valence-corrected chi connectivity index (χ3v) is 10.5. The number of carbonyl (C=O) groups is 4. The predicted molar refractivity (Wildman–Crippen MR) is 203 cm³/mol. The van der Waals surface area contributed by atoms with Crippen LogP contribution in [0.25, 0.3) is 0 Å². The second-order valence-corrected chi connectivity index (χ2v) is 14.3. The number of benzene rings is 3. The van der Waals surface area contributed by atoms with Crippen molar-refractivity contribution in [3.8, 4) is 0 Å². The van der Waals surface area contributed by atoms with Gasteiger partial charge in [0.15, 0.2) is 0 Å². The number of ether oxygens (including phenoxy) is 4. The highest BCUT2D eigenvalue weighted by molar-refractivity contribution is 5.95. The molecule has 3 fully saturated rings. The van der Waals surface area contributed by atoms with Gasteiger partial charge in [0.05, 0.1) is 19.8 Å². The smallest absolute Gasteiger partial charge is 0.412 e. The molecular formula is C41H52N6O8. The number of hydrogen-bond acceptors (Lipinski definition) is 10. The number of nitrogens with one attached hydrogen (secondary N) is 2. The fraction of sp³-hybridized carbons (Fsp3) is 0.463. The maximum absolute atomic E-state index is 13.4. The fourth-order valence-corrected chi connectivity index (χ4v) is 7.15. The maximum atomic E-state index is 13.4. The van der Waals surface area contributed by atoms with Crippen LogP contribution in [0.4, 0.5) is 9.59 Å². The average Bonchev–Trinajstić information content (AvgIpc) is 3.23. The van der Waals surface area contributed by atoms with Gasteiger partial charge in [0.2, 0.25) is 6.29 Å². The summed E-state index contributed by atoms with van der Waals surface area (Å²) in [6.07, 6.45) is 0.214. The van der Waals surface area contributed by atoms with E-state index >= 15 is 0 Å². The molecule has 3 aromatic rings. The Labute approximate surface area is 321 Å². The molecule has 0 bridgehead atoms. The van der Waals surface area contributed by atoms with Crippen molar-refractivity contribution in [1.29, 1.82) is 0 Å². The van der Waals surface area contributed by atoms with Gasteiger partial charge in [0.25, 0.3) is 11.8 Å². The van der Waals surface area contributed by atoms with E-state index in [9.17, 15) is 19.2 Å². The van der Waals surface area contributed by atoms with Crippen LogP contribution in [0.5, 0.6) is 0 Å². The standard InChI is InChI=1S/C41H52N6O8/c42-24-29-8-4-10-31(22-29)37(48)44-34-12-17-46(18-13-34)40(50)54-27-33-16-21-52-39(36(33)53-26-28-6-2-1-3-7-28)55-41(51)47-19-14-35(15-20-47)45-38(49)32-11-5-9-30(23-32)25-43/h1-11,22-23,33-36,39H,12-21,24-27,42-43H2,(H,44,48)(H,45,49)/t33-,36?,39+/m1/s1. The molecule has 3 atom stereocenters. The normalized spacial score (nSPS) is 20.7. The van der Waals surface area contributed by atoms with Gasteiger partial charge in [-0.3, -0.25) is 9.59 Å². The van der Waals surface area contributed by atoms with Crippen LogP contribution in [0.15, 0.2) is 78.9 Å². The summed E-state index contributed by atoms with van der Waals surface area (Å²) in [6.45, 7) is 3.00. The van der Waals surface area contributed by atoms with Crippen LogP contribution in [0.1, 0.15) is 69.5 Å². The van der Waals surface area contributed by atoms with Crippen LogP contribution in [0.2, 0.25) is 0 Å². The molecule has 55 heavy (non-hydrogen) atoms. The molecule has 0 saturated carbocycles. The van der Waals surface area contributed by atoms with E-state index in [1.165, 1.54) is 0 Å². The molecule has 6 rings (SSSR count). The highest BCUT2D eigenvalue weighted by Gasteiger charge is 2.40. The van der Waals surface area contributed by atoms with Crippen molar-refractivity contribution < 1.29 is 38.1 Å². The maximum Gasteiger partial charge on any atom is 0.412 e. The molecule has 6 N–H and O–H groups in total. The van der Waals surface area contributed by atoms with E-state index in [1.54, 1.807) is 34.1 Å². The predicted octanol–water partition coefficient (Wildman–Crippen LogP) is 3.91. The van der Waals surface area contributed by atoms with Gasteiger partial charge in [-0.1, -0.05) is 54.6 Å². The molecule has 3 saturated heterocycles. The number of nitrogens with two attached hydrogens (primary N) is 2. The average molecular weight is 757 g/mol. The molecule has 3 aliphatic rings. The van der Waals surface area contributed by atoms with E-state index in [0.29, 0.717) is 89.1 Å². The molecule has 4 amide bonds. The van der Waals surface area contributed by atoms with Gasteiger partial charge in [-0.05, 0) is 73.1 Å². The van der Waals surface area contributed by atoms with Gasteiger partial charge in [-0.15, -0.1) is 0 Å². The van der Waals surface area contributed by atoms with Gasteiger partial charge in [0.1, 0.15) is 6.10 Å². The minimum absolute atomic E-state index is 0.0587. The van der Waals surface area contributed by atoms with Crippen LogP contribution in [-0.4, -0.2) is 97.7 Å². The molecule has 14 nitrogen and oxygen atoms in total. The van der Waals surface area contributed by atoms with Crippen molar-refractivity contribution in [3.63, 3.8) is 0 Å². The second-order valence-electron chi connectivity index (χ2n) is 14.3. The van der Waals surface area contributed by atoms with Crippen LogP contribution in [0.3, 0.4) is 0 Å². The molecular weight excluding hydrogens is 704 g/mol. The number of piperidine rings is 2. The largest absolute Gasteiger partial charge is 0.449 e. The van der Waals surface area contributed by atoms with Crippen molar-refractivity contribution in [2.75, 3.05) is 39.4 Å². The van der Waals surface area contributed by atoms with Crippen LogP contribution >= 0.6 is 0 Å². The summed E-state index contributed by atoms with van der Waals surface area (Å²) in [6, 6.07) is 24.0. The summed E-state index contributed by atoms with van der Waals surface area (Å²) >= 11 is 0. The summed E-state index contributed by atoms with van der Waals surface area (Å²) in [5.74, 6) is -0.624. The van der Waals surface area contributed by atoms with Crippen molar-refractivity contribution in [2.24, 2.45) is 17.4 Å². The van der Waals surface area contributed by atoms with E-state index < -0.39 is 24.6 Å². The highest BCUT2D eigenvalue weighted by Crippen LogP contribution is 2.28. The summed E-state index contributed by atoms with van der Waals surface area (Å²) in [5.41, 5.74) is 15.3. The summed E-state index contributed by atoms with van der Waals surface area (Å²) in [4.78, 5) is 55.6. The highest BCUT2D eigenvalue weighted by atomic mass is 16.7. The number of amides is 4. The lowest BCUT2D eigenvalue weighted by Crippen LogP contribution is -2.51. The second kappa shape index (κ2) is 19.5. The quantitative estimate of drug-likeness (QED) is 0.211. The lowest BCUT2D eigenvalue weighted by molar-refractivity contribution is -0.231. The first-order valence-corrected chi connectivity index (χ1v) is 19.1. The first-order valence-electron chi connectivity index (χ1n) is 19.1. The van der Waals surface area contributed by atoms with E-state index in [0.717, 1.165) is 16.7 Å². The van der Waals surface area contributed by atoms with E-state index in [2.05, 4.69) is 10.6 Å². The summed E-state index contributed by atoms with van der Waals surface area (Å²) < 4.78 is 24.1. The first-order chi connectivity index (χ1) is 26.8. The number of nitrogens with zero attached hydrogens (tertiary/aromatic N) is 2. The Morgan fingerprint density at radius 3 is 1.75 bits per heavy atom. The zero-order valence-corrected chi connectivity index (χ0v) is 31.1. The first kappa shape index (κ1) is 39.7. The zero-order chi connectivity index (χ0) is 38.6. The Kier molecular flexibility index (Phi) is 14.1. The van der Waals surface area contributed by atoms with Crippen molar-refractivity contribution >= 4 is 24.0 Å². The number of rotatable bonds is 12. The van der Waals surface area contributed by atoms with E-state index in [4.69, 9.17) is 30.4 Å². The molecule has 294 valence electrons.